The van der Waals surface area contributed by atoms with Gasteiger partial charge in [-0.2, -0.15) is 0 Å². The van der Waals surface area contributed by atoms with E-state index >= 15 is 0 Å². The van der Waals surface area contributed by atoms with Crippen molar-refractivity contribution < 1.29 is 9.53 Å². The Hall–Kier alpha value is -1.39. The van der Waals surface area contributed by atoms with Gasteiger partial charge < -0.3 is 15.4 Å². The van der Waals surface area contributed by atoms with Gasteiger partial charge in [0.2, 0.25) is 0 Å². The fourth-order valence-corrected chi connectivity index (χ4v) is 2.47. The van der Waals surface area contributed by atoms with E-state index in [1.54, 1.807) is 7.11 Å². The third-order valence-electron chi connectivity index (χ3n) is 3.56. The zero-order valence-corrected chi connectivity index (χ0v) is 11.4. The molecule has 4 heteroatoms. The first-order valence-corrected chi connectivity index (χ1v) is 6.87. The summed E-state index contributed by atoms with van der Waals surface area (Å²) in [5.74, 6) is 0.702. The molecule has 1 heterocycles. The lowest BCUT2D eigenvalue weighted by atomic mass is 10.0. The molecule has 1 amide bonds. The van der Waals surface area contributed by atoms with E-state index in [1.807, 2.05) is 24.3 Å². The van der Waals surface area contributed by atoms with Crippen molar-refractivity contribution in [3.8, 4) is 0 Å². The smallest absolute Gasteiger partial charge is 0.251 e. The Labute approximate surface area is 114 Å². The van der Waals surface area contributed by atoms with Crippen LogP contribution in [0.1, 0.15) is 28.8 Å². The fourth-order valence-electron chi connectivity index (χ4n) is 2.47. The number of hydrogen-bond donors (Lipinski definition) is 2. The van der Waals surface area contributed by atoms with Crippen LogP contribution in [0, 0.1) is 5.92 Å². The molecule has 19 heavy (non-hydrogen) atoms. The molecule has 2 rings (SSSR count). The van der Waals surface area contributed by atoms with E-state index in [9.17, 15) is 4.79 Å². The molecule has 0 bridgehead atoms. The van der Waals surface area contributed by atoms with Gasteiger partial charge in [-0.05, 0) is 43.5 Å². The Morgan fingerprint density at radius 3 is 3.05 bits per heavy atom. The number of carbonyl (C=O) groups is 1. The number of carbonyl (C=O) groups excluding carboxylic acids is 1. The summed E-state index contributed by atoms with van der Waals surface area (Å²) in [4.78, 5) is 12.1. The van der Waals surface area contributed by atoms with Gasteiger partial charge in [0.05, 0.1) is 6.61 Å². The van der Waals surface area contributed by atoms with Crippen LogP contribution in [0.2, 0.25) is 0 Å². The van der Waals surface area contributed by atoms with Crippen LogP contribution in [0.15, 0.2) is 24.3 Å². The Balaban J connectivity index is 1.84. The maximum atomic E-state index is 12.1. The quantitative estimate of drug-likeness (QED) is 0.818. The van der Waals surface area contributed by atoms with Crippen LogP contribution in [0.3, 0.4) is 0 Å². The molecular formula is C15H22N2O2. The molecule has 0 saturated carbocycles. The van der Waals surface area contributed by atoms with Gasteiger partial charge in [0.1, 0.15) is 0 Å². The lowest BCUT2D eigenvalue weighted by Gasteiger charge is -2.11. The van der Waals surface area contributed by atoms with Crippen LogP contribution >= 0.6 is 0 Å². The number of nitrogens with one attached hydrogen (secondary N) is 2. The molecule has 1 saturated heterocycles. The highest BCUT2D eigenvalue weighted by Crippen LogP contribution is 2.12. The Kier molecular flexibility index (Phi) is 5.36. The van der Waals surface area contributed by atoms with Crippen molar-refractivity contribution in [1.29, 1.82) is 0 Å². The first-order valence-electron chi connectivity index (χ1n) is 6.87. The zero-order chi connectivity index (χ0) is 13.5. The molecule has 1 fully saturated rings. The lowest BCUT2D eigenvalue weighted by molar-refractivity contribution is 0.0946. The van der Waals surface area contributed by atoms with Gasteiger partial charge in [0.15, 0.2) is 0 Å². The summed E-state index contributed by atoms with van der Waals surface area (Å²) in [5, 5.41) is 6.34. The SMILES string of the molecule is COCc1ccccc1C(=O)NCCC1CCNC1. The van der Waals surface area contributed by atoms with Gasteiger partial charge in [-0.15, -0.1) is 0 Å². The van der Waals surface area contributed by atoms with Crippen LogP contribution in [-0.2, 0) is 11.3 Å². The highest BCUT2D eigenvalue weighted by Gasteiger charge is 2.15. The molecule has 1 atom stereocenters. The topological polar surface area (TPSA) is 50.4 Å². The first kappa shape index (κ1) is 14.0. The molecule has 1 aromatic carbocycles. The van der Waals surface area contributed by atoms with E-state index in [0.29, 0.717) is 18.1 Å². The van der Waals surface area contributed by atoms with Crippen molar-refractivity contribution in [3.05, 3.63) is 35.4 Å². The van der Waals surface area contributed by atoms with Gasteiger partial charge in [0, 0.05) is 19.2 Å². The third-order valence-corrected chi connectivity index (χ3v) is 3.56. The molecule has 0 aliphatic carbocycles. The summed E-state index contributed by atoms with van der Waals surface area (Å²) < 4.78 is 5.12. The molecule has 0 radical (unpaired) electrons. The van der Waals surface area contributed by atoms with E-state index in [2.05, 4.69) is 10.6 Å². The minimum atomic E-state index is -0.00129. The van der Waals surface area contributed by atoms with Crippen molar-refractivity contribution in [3.63, 3.8) is 0 Å². The summed E-state index contributed by atoms with van der Waals surface area (Å²) in [6.45, 7) is 3.40. The number of methoxy groups -OCH3 is 1. The van der Waals surface area contributed by atoms with Crippen LogP contribution in [0.5, 0.6) is 0 Å². The molecule has 1 unspecified atom stereocenters. The van der Waals surface area contributed by atoms with Gasteiger partial charge in [-0.1, -0.05) is 18.2 Å². The van der Waals surface area contributed by atoms with Crippen molar-refractivity contribution in [1.82, 2.24) is 10.6 Å². The summed E-state index contributed by atoms with van der Waals surface area (Å²) in [6.07, 6.45) is 2.27. The van der Waals surface area contributed by atoms with Crippen molar-refractivity contribution in [2.45, 2.75) is 19.4 Å². The second kappa shape index (κ2) is 7.26. The molecule has 0 aromatic heterocycles. The maximum Gasteiger partial charge on any atom is 0.251 e. The number of hydrogen-bond acceptors (Lipinski definition) is 3. The second-order valence-corrected chi connectivity index (χ2v) is 4.99. The molecule has 4 nitrogen and oxygen atoms in total. The van der Waals surface area contributed by atoms with Crippen LogP contribution in [0.25, 0.3) is 0 Å². The first-order chi connectivity index (χ1) is 9.31. The minimum absolute atomic E-state index is 0.00129. The van der Waals surface area contributed by atoms with Gasteiger partial charge in [0.25, 0.3) is 5.91 Å². The van der Waals surface area contributed by atoms with Crippen molar-refractivity contribution >= 4 is 5.91 Å². The highest BCUT2D eigenvalue weighted by molar-refractivity contribution is 5.95. The zero-order valence-electron chi connectivity index (χ0n) is 11.4. The van der Waals surface area contributed by atoms with E-state index in [0.717, 1.165) is 31.6 Å². The summed E-state index contributed by atoms with van der Waals surface area (Å²) in [5.41, 5.74) is 1.65. The van der Waals surface area contributed by atoms with Gasteiger partial charge in [-0.25, -0.2) is 0 Å². The van der Waals surface area contributed by atoms with Crippen LogP contribution in [-0.4, -0.2) is 32.7 Å². The van der Waals surface area contributed by atoms with E-state index in [1.165, 1.54) is 6.42 Å². The predicted molar refractivity (Wildman–Crippen MR) is 75.1 cm³/mol. The Morgan fingerprint density at radius 2 is 2.32 bits per heavy atom. The normalized spacial score (nSPS) is 18.5. The van der Waals surface area contributed by atoms with Crippen molar-refractivity contribution in [2.24, 2.45) is 5.92 Å². The molecule has 104 valence electrons. The van der Waals surface area contributed by atoms with Crippen LogP contribution < -0.4 is 10.6 Å². The Morgan fingerprint density at radius 1 is 1.47 bits per heavy atom. The summed E-state index contributed by atoms with van der Waals surface area (Å²) in [7, 11) is 1.64. The standard InChI is InChI=1S/C15H22N2O2/c1-19-11-13-4-2-3-5-14(13)15(18)17-9-7-12-6-8-16-10-12/h2-5,12,16H,6-11H2,1H3,(H,17,18). The lowest BCUT2D eigenvalue weighted by Crippen LogP contribution is -2.27. The van der Waals surface area contributed by atoms with Gasteiger partial charge in [-0.3, -0.25) is 4.79 Å². The minimum Gasteiger partial charge on any atom is -0.380 e. The highest BCUT2D eigenvalue weighted by atomic mass is 16.5. The number of rotatable bonds is 6. The van der Waals surface area contributed by atoms with Crippen molar-refractivity contribution in [2.75, 3.05) is 26.7 Å². The van der Waals surface area contributed by atoms with Gasteiger partial charge >= 0.3 is 0 Å². The molecule has 1 aromatic rings. The van der Waals surface area contributed by atoms with Crippen LogP contribution in [0.4, 0.5) is 0 Å². The number of amides is 1. The van der Waals surface area contributed by atoms with E-state index in [4.69, 9.17) is 4.74 Å². The number of ether oxygens (including phenoxy) is 1. The molecule has 1 aliphatic rings. The maximum absolute atomic E-state index is 12.1. The number of benzene rings is 1. The average molecular weight is 262 g/mol. The Bertz CT molecular complexity index is 414. The fraction of sp³-hybridized carbons (Fsp3) is 0.533. The average Bonchev–Trinajstić information content (AvgIpc) is 2.93. The molecule has 2 N–H and O–H groups in total. The molecule has 0 spiro atoms. The van der Waals surface area contributed by atoms with E-state index in [-0.39, 0.29) is 5.91 Å². The largest absolute Gasteiger partial charge is 0.380 e. The predicted octanol–water partition coefficient (Wildman–Crippen LogP) is 1.56. The third kappa shape index (κ3) is 4.04. The van der Waals surface area contributed by atoms with E-state index < -0.39 is 0 Å². The second-order valence-electron chi connectivity index (χ2n) is 4.99. The molecular weight excluding hydrogens is 240 g/mol. The monoisotopic (exact) mass is 262 g/mol. The summed E-state index contributed by atoms with van der Waals surface area (Å²) in [6, 6.07) is 7.59. The molecule has 1 aliphatic heterocycles. The summed E-state index contributed by atoms with van der Waals surface area (Å²) >= 11 is 0.